The predicted octanol–water partition coefficient (Wildman–Crippen LogP) is -1.05. The number of likely N-dealkylation sites (N-methyl/N-ethyl adjacent to an activating group) is 2. The average Bonchev–Trinajstić information content (AvgIpc) is 2.17. The first-order chi connectivity index (χ1) is 6.63. The predicted molar refractivity (Wildman–Crippen MR) is 52.2 cm³/mol. The van der Waals surface area contributed by atoms with Crippen molar-refractivity contribution >= 4 is 11.7 Å². The minimum absolute atomic E-state index is 0.130. The topological polar surface area (TPSA) is 78.1 Å². The van der Waals surface area contributed by atoms with Crippen LogP contribution in [0.4, 0.5) is 5.82 Å². The van der Waals surface area contributed by atoms with E-state index in [-0.39, 0.29) is 18.0 Å². The van der Waals surface area contributed by atoms with Gasteiger partial charge in [-0.1, -0.05) is 0 Å². The Labute approximate surface area is 81.0 Å². The van der Waals surface area contributed by atoms with E-state index < -0.39 is 0 Å². The number of hydrogen-bond acceptors (Lipinski definition) is 4. The van der Waals surface area contributed by atoms with Crippen molar-refractivity contribution in [1.82, 2.24) is 15.3 Å². The Morgan fingerprint density at radius 2 is 2.43 bits per heavy atom. The highest BCUT2D eigenvalue weighted by molar-refractivity contribution is 5.80. The third-order valence-electron chi connectivity index (χ3n) is 1.71. The van der Waals surface area contributed by atoms with Crippen LogP contribution in [-0.4, -0.2) is 36.5 Å². The number of hydrogen-bond donors (Lipinski definition) is 2. The van der Waals surface area contributed by atoms with Gasteiger partial charge in [-0.3, -0.25) is 9.59 Å². The third kappa shape index (κ3) is 2.58. The van der Waals surface area contributed by atoms with Gasteiger partial charge in [-0.25, -0.2) is 4.98 Å². The highest BCUT2D eigenvalue weighted by atomic mass is 16.2. The minimum atomic E-state index is -0.237. The summed E-state index contributed by atoms with van der Waals surface area (Å²) in [6, 6.07) is 1.34. The first-order valence-electron chi connectivity index (χ1n) is 4.10. The number of carbonyl (C=O) groups is 1. The van der Waals surface area contributed by atoms with Crippen molar-refractivity contribution < 1.29 is 4.79 Å². The molecule has 0 aliphatic rings. The molecule has 0 aliphatic carbocycles. The highest BCUT2D eigenvalue weighted by Crippen LogP contribution is 2.01. The van der Waals surface area contributed by atoms with Crippen molar-refractivity contribution in [2.75, 3.05) is 25.5 Å². The first-order valence-corrected chi connectivity index (χ1v) is 4.10. The second kappa shape index (κ2) is 4.40. The monoisotopic (exact) mass is 196 g/mol. The molecule has 1 aromatic rings. The molecule has 0 unspecified atom stereocenters. The fourth-order valence-corrected chi connectivity index (χ4v) is 0.942. The van der Waals surface area contributed by atoms with Crippen LogP contribution in [-0.2, 0) is 4.79 Å². The first kappa shape index (κ1) is 10.2. The van der Waals surface area contributed by atoms with Crippen LogP contribution in [0.15, 0.2) is 17.2 Å². The molecule has 1 aromatic heterocycles. The number of nitrogens with one attached hydrogen (secondary N) is 2. The number of rotatable bonds is 3. The van der Waals surface area contributed by atoms with Crippen LogP contribution in [0, 0.1) is 0 Å². The molecule has 1 amide bonds. The van der Waals surface area contributed by atoms with Crippen molar-refractivity contribution in [3.63, 3.8) is 0 Å². The Bertz CT molecular complexity index is 374. The van der Waals surface area contributed by atoms with E-state index in [1.165, 1.54) is 12.4 Å². The summed E-state index contributed by atoms with van der Waals surface area (Å²) < 4.78 is 0. The maximum atomic E-state index is 11.0. The van der Waals surface area contributed by atoms with Gasteiger partial charge in [0.25, 0.3) is 5.56 Å². The summed E-state index contributed by atoms with van der Waals surface area (Å²) in [7, 11) is 3.25. The van der Waals surface area contributed by atoms with Crippen molar-refractivity contribution in [1.29, 1.82) is 0 Å². The molecule has 0 saturated carbocycles. The van der Waals surface area contributed by atoms with Crippen LogP contribution in [0.1, 0.15) is 0 Å². The number of carbonyl (C=O) groups excluding carboxylic acids is 1. The zero-order chi connectivity index (χ0) is 10.6. The zero-order valence-electron chi connectivity index (χ0n) is 8.07. The normalized spacial score (nSPS) is 9.57. The lowest BCUT2D eigenvalue weighted by atomic mass is 10.4. The quantitative estimate of drug-likeness (QED) is 0.646. The van der Waals surface area contributed by atoms with Gasteiger partial charge in [0.15, 0.2) is 0 Å². The number of aromatic amines is 1. The number of H-pyrrole nitrogens is 1. The van der Waals surface area contributed by atoms with Gasteiger partial charge < -0.3 is 15.2 Å². The van der Waals surface area contributed by atoms with E-state index in [9.17, 15) is 9.59 Å². The van der Waals surface area contributed by atoms with Gasteiger partial charge in [0.1, 0.15) is 5.82 Å². The summed E-state index contributed by atoms with van der Waals surface area (Å²) >= 11 is 0. The number of anilines is 1. The number of nitrogens with zero attached hydrogens (tertiary/aromatic N) is 2. The van der Waals surface area contributed by atoms with E-state index in [1.54, 1.807) is 19.0 Å². The molecule has 0 bridgehead atoms. The Morgan fingerprint density at radius 1 is 1.71 bits per heavy atom. The molecule has 1 heterocycles. The third-order valence-corrected chi connectivity index (χ3v) is 1.71. The molecule has 0 fully saturated rings. The van der Waals surface area contributed by atoms with Gasteiger partial charge in [-0.15, -0.1) is 0 Å². The molecular weight excluding hydrogens is 184 g/mol. The van der Waals surface area contributed by atoms with Crippen molar-refractivity contribution in [2.45, 2.75) is 0 Å². The Morgan fingerprint density at radius 3 is 3.00 bits per heavy atom. The van der Waals surface area contributed by atoms with E-state index in [4.69, 9.17) is 0 Å². The van der Waals surface area contributed by atoms with Gasteiger partial charge >= 0.3 is 0 Å². The zero-order valence-corrected chi connectivity index (χ0v) is 8.07. The molecule has 0 saturated heterocycles. The van der Waals surface area contributed by atoms with Crippen LogP contribution in [0.25, 0.3) is 0 Å². The lowest BCUT2D eigenvalue weighted by Crippen LogP contribution is -2.33. The van der Waals surface area contributed by atoms with E-state index >= 15 is 0 Å². The maximum absolute atomic E-state index is 11.0. The summed E-state index contributed by atoms with van der Waals surface area (Å²) in [6.07, 6.45) is 1.30. The lowest BCUT2D eigenvalue weighted by Gasteiger charge is -2.15. The van der Waals surface area contributed by atoms with E-state index in [0.717, 1.165) is 0 Å². The Balaban J connectivity index is 2.74. The molecule has 76 valence electrons. The van der Waals surface area contributed by atoms with Gasteiger partial charge in [0.05, 0.1) is 12.9 Å². The maximum Gasteiger partial charge on any atom is 0.252 e. The fraction of sp³-hybridized carbons (Fsp3) is 0.375. The van der Waals surface area contributed by atoms with Gasteiger partial charge in [0, 0.05) is 20.2 Å². The molecule has 0 aliphatic heterocycles. The highest BCUT2D eigenvalue weighted by Gasteiger charge is 2.06. The Kier molecular flexibility index (Phi) is 3.22. The standard InChI is InChI=1S/C8H12N4O2/c1-9-8(14)4-12(2)6-3-7(13)11-5-10-6/h3,5H,4H2,1-2H3,(H,9,14)(H,10,11,13). The minimum Gasteiger partial charge on any atom is -0.358 e. The summed E-state index contributed by atoms with van der Waals surface area (Å²) in [6.45, 7) is 0.174. The summed E-state index contributed by atoms with van der Waals surface area (Å²) in [4.78, 5) is 29.8. The molecule has 14 heavy (non-hydrogen) atoms. The molecule has 6 nitrogen and oxygen atoms in total. The summed E-state index contributed by atoms with van der Waals surface area (Å²) in [5.41, 5.74) is -0.237. The number of amides is 1. The SMILES string of the molecule is CNC(=O)CN(C)c1cc(=O)[nH]cn1. The summed E-state index contributed by atoms with van der Waals surface area (Å²) in [5, 5.41) is 2.49. The van der Waals surface area contributed by atoms with Crippen LogP contribution in [0.3, 0.4) is 0 Å². The fourth-order valence-electron chi connectivity index (χ4n) is 0.942. The lowest BCUT2D eigenvalue weighted by molar-refractivity contribution is -0.119. The number of aromatic nitrogens is 2. The van der Waals surface area contributed by atoms with Gasteiger partial charge in [0.2, 0.25) is 5.91 Å². The van der Waals surface area contributed by atoms with Crippen molar-refractivity contribution in [2.24, 2.45) is 0 Å². The van der Waals surface area contributed by atoms with E-state index in [1.807, 2.05) is 0 Å². The van der Waals surface area contributed by atoms with Gasteiger partial charge in [-0.05, 0) is 0 Å². The smallest absolute Gasteiger partial charge is 0.252 e. The van der Waals surface area contributed by atoms with Crippen molar-refractivity contribution in [3.8, 4) is 0 Å². The molecule has 2 N–H and O–H groups in total. The van der Waals surface area contributed by atoms with Crippen LogP contribution >= 0.6 is 0 Å². The van der Waals surface area contributed by atoms with Crippen LogP contribution < -0.4 is 15.8 Å². The van der Waals surface area contributed by atoms with E-state index in [2.05, 4.69) is 15.3 Å². The average molecular weight is 196 g/mol. The molecule has 0 atom stereocenters. The molecular formula is C8H12N4O2. The largest absolute Gasteiger partial charge is 0.358 e. The molecule has 6 heteroatoms. The van der Waals surface area contributed by atoms with Crippen molar-refractivity contribution in [3.05, 3.63) is 22.7 Å². The second-order valence-electron chi connectivity index (χ2n) is 2.80. The van der Waals surface area contributed by atoms with Crippen LogP contribution in [0.5, 0.6) is 0 Å². The molecule has 0 radical (unpaired) electrons. The van der Waals surface area contributed by atoms with E-state index in [0.29, 0.717) is 5.82 Å². The molecule has 1 rings (SSSR count). The molecule has 0 aromatic carbocycles. The second-order valence-corrected chi connectivity index (χ2v) is 2.80. The summed E-state index contributed by atoms with van der Waals surface area (Å²) in [5.74, 6) is 0.340. The Hall–Kier alpha value is -1.85. The molecule has 0 spiro atoms. The van der Waals surface area contributed by atoms with Gasteiger partial charge in [-0.2, -0.15) is 0 Å². The van der Waals surface area contributed by atoms with Crippen LogP contribution in [0.2, 0.25) is 0 Å².